The number of nitrogens with one attached hydrogen (secondary N) is 1. The van der Waals surface area contributed by atoms with Crippen molar-refractivity contribution in [3.05, 3.63) is 53.6 Å². The van der Waals surface area contributed by atoms with E-state index in [1.54, 1.807) is 19.2 Å². The van der Waals surface area contributed by atoms with Crippen LogP contribution in [0.2, 0.25) is 0 Å². The van der Waals surface area contributed by atoms with Gasteiger partial charge >= 0.3 is 0 Å². The highest BCUT2D eigenvalue weighted by atomic mass is 16.5. The average molecular weight is 269 g/mol. The topological polar surface area (TPSA) is 41.5 Å². The molecule has 1 fully saturated rings. The molecule has 104 valence electrons. The van der Waals surface area contributed by atoms with Crippen LogP contribution in [0.3, 0.4) is 0 Å². The molecule has 0 atom stereocenters. The van der Waals surface area contributed by atoms with Crippen LogP contribution in [0.25, 0.3) is 0 Å². The first-order valence-electron chi connectivity index (χ1n) is 6.96. The van der Waals surface area contributed by atoms with Gasteiger partial charge in [0.1, 0.15) is 0 Å². The maximum atomic E-state index is 9.73. The minimum absolute atomic E-state index is 0.154. The predicted octanol–water partition coefficient (Wildman–Crippen LogP) is 3.89. The van der Waals surface area contributed by atoms with Crippen molar-refractivity contribution in [2.45, 2.75) is 25.3 Å². The summed E-state index contributed by atoms with van der Waals surface area (Å²) < 4.78 is 5.03. The standard InChI is InChI=1S/C17H19NO2/c1-20-17-9-8-15(10-16(17)19)18-11-12-2-4-13(5-3-12)14-6-7-14/h2-5,8-10,14,18-19H,6-7,11H2,1H3. The van der Waals surface area contributed by atoms with Crippen LogP contribution in [0.5, 0.6) is 11.5 Å². The summed E-state index contributed by atoms with van der Waals surface area (Å²) in [7, 11) is 1.55. The van der Waals surface area contributed by atoms with Crippen LogP contribution in [0.15, 0.2) is 42.5 Å². The molecule has 1 aliphatic rings. The number of phenolic OH excluding ortho intramolecular Hbond substituents is 1. The molecular weight excluding hydrogens is 250 g/mol. The van der Waals surface area contributed by atoms with Crippen LogP contribution in [0, 0.1) is 0 Å². The molecular formula is C17H19NO2. The number of phenols is 1. The Labute approximate surface area is 119 Å². The highest BCUT2D eigenvalue weighted by Crippen LogP contribution is 2.39. The summed E-state index contributed by atoms with van der Waals surface area (Å²) in [5, 5.41) is 13.0. The fourth-order valence-corrected chi connectivity index (χ4v) is 2.33. The molecule has 0 unspecified atom stereocenters. The van der Waals surface area contributed by atoms with Gasteiger partial charge in [-0.05, 0) is 42.0 Å². The fraction of sp³-hybridized carbons (Fsp3) is 0.294. The lowest BCUT2D eigenvalue weighted by Gasteiger charge is -2.09. The van der Waals surface area contributed by atoms with E-state index in [9.17, 15) is 5.11 Å². The average Bonchev–Trinajstić information content (AvgIpc) is 3.30. The molecule has 1 saturated carbocycles. The molecule has 0 aliphatic heterocycles. The van der Waals surface area contributed by atoms with Crippen LogP contribution in [0.1, 0.15) is 29.9 Å². The van der Waals surface area contributed by atoms with E-state index in [1.807, 2.05) is 6.07 Å². The maximum Gasteiger partial charge on any atom is 0.160 e. The molecule has 3 rings (SSSR count). The van der Waals surface area contributed by atoms with Gasteiger partial charge in [-0.1, -0.05) is 24.3 Å². The van der Waals surface area contributed by atoms with Gasteiger partial charge in [-0.3, -0.25) is 0 Å². The Morgan fingerprint density at radius 1 is 1.15 bits per heavy atom. The lowest BCUT2D eigenvalue weighted by atomic mass is 10.1. The van der Waals surface area contributed by atoms with Gasteiger partial charge in [-0.25, -0.2) is 0 Å². The van der Waals surface area contributed by atoms with E-state index >= 15 is 0 Å². The summed E-state index contributed by atoms with van der Waals surface area (Å²) in [6.07, 6.45) is 2.67. The Morgan fingerprint density at radius 3 is 2.50 bits per heavy atom. The number of methoxy groups -OCH3 is 1. The SMILES string of the molecule is COc1ccc(NCc2ccc(C3CC3)cc2)cc1O. The summed E-state index contributed by atoms with van der Waals surface area (Å²) in [4.78, 5) is 0. The summed E-state index contributed by atoms with van der Waals surface area (Å²) in [6, 6.07) is 14.1. The smallest absolute Gasteiger partial charge is 0.160 e. The van der Waals surface area contributed by atoms with Crippen LogP contribution in [0.4, 0.5) is 5.69 Å². The van der Waals surface area contributed by atoms with E-state index in [0.29, 0.717) is 5.75 Å². The largest absolute Gasteiger partial charge is 0.504 e. The quantitative estimate of drug-likeness (QED) is 0.865. The minimum Gasteiger partial charge on any atom is -0.504 e. The van der Waals surface area contributed by atoms with Crippen LogP contribution in [-0.2, 0) is 6.54 Å². The van der Waals surface area contributed by atoms with Crippen molar-refractivity contribution in [2.24, 2.45) is 0 Å². The van der Waals surface area contributed by atoms with Gasteiger partial charge in [0.05, 0.1) is 7.11 Å². The first-order chi connectivity index (χ1) is 9.76. The first-order valence-corrected chi connectivity index (χ1v) is 6.96. The molecule has 3 nitrogen and oxygen atoms in total. The summed E-state index contributed by atoms with van der Waals surface area (Å²) in [5.74, 6) is 1.45. The van der Waals surface area contributed by atoms with Crippen molar-refractivity contribution in [3.63, 3.8) is 0 Å². The molecule has 0 saturated heterocycles. The summed E-state index contributed by atoms with van der Waals surface area (Å²) in [5.41, 5.74) is 3.58. The third kappa shape index (κ3) is 2.87. The van der Waals surface area contributed by atoms with Gasteiger partial charge in [0, 0.05) is 18.3 Å². The zero-order valence-corrected chi connectivity index (χ0v) is 11.6. The maximum absolute atomic E-state index is 9.73. The van der Waals surface area contributed by atoms with Crippen molar-refractivity contribution in [3.8, 4) is 11.5 Å². The Balaban J connectivity index is 1.62. The van der Waals surface area contributed by atoms with E-state index < -0.39 is 0 Å². The Morgan fingerprint density at radius 2 is 1.90 bits per heavy atom. The van der Waals surface area contributed by atoms with E-state index in [4.69, 9.17) is 4.74 Å². The third-order valence-corrected chi connectivity index (χ3v) is 3.70. The second kappa shape index (κ2) is 5.45. The van der Waals surface area contributed by atoms with E-state index in [-0.39, 0.29) is 5.75 Å². The molecule has 2 N–H and O–H groups in total. The van der Waals surface area contributed by atoms with Crippen LogP contribution in [-0.4, -0.2) is 12.2 Å². The molecule has 3 heteroatoms. The molecule has 0 bridgehead atoms. The monoisotopic (exact) mass is 269 g/mol. The van der Waals surface area contributed by atoms with Gasteiger partial charge in [0.15, 0.2) is 11.5 Å². The summed E-state index contributed by atoms with van der Waals surface area (Å²) >= 11 is 0. The molecule has 0 aromatic heterocycles. The van der Waals surface area contributed by atoms with Gasteiger partial charge in [-0.2, -0.15) is 0 Å². The minimum atomic E-state index is 0.154. The third-order valence-electron chi connectivity index (χ3n) is 3.70. The lowest BCUT2D eigenvalue weighted by Crippen LogP contribution is -1.99. The van der Waals surface area contributed by atoms with E-state index in [0.717, 1.165) is 18.2 Å². The van der Waals surface area contributed by atoms with Gasteiger partial charge in [0.25, 0.3) is 0 Å². The summed E-state index contributed by atoms with van der Waals surface area (Å²) in [6.45, 7) is 0.747. The number of aromatic hydroxyl groups is 1. The van der Waals surface area contributed by atoms with Gasteiger partial charge < -0.3 is 15.2 Å². The lowest BCUT2D eigenvalue weighted by molar-refractivity contribution is 0.373. The van der Waals surface area contributed by atoms with Crippen molar-refractivity contribution >= 4 is 5.69 Å². The van der Waals surface area contributed by atoms with Crippen molar-refractivity contribution in [2.75, 3.05) is 12.4 Å². The molecule has 2 aromatic carbocycles. The number of hydrogen-bond acceptors (Lipinski definition) is 3. The molecule has 2 aromatic rings. The number of hydrogen-bond donors (Lipinski definition) is 2. The van der Waals surface area contributed by atoms with E-state index in [1.165, 1.54) is 24.0 Å². The van der Waals surface area contributed by atoms with Crippen LogP contribution < -0.4 is 10.1 Å². The van der Waals surface area contributed by atoms with Crippen molar-refractivity contribution in [1.29, 1.82) is 0 Å². The second-order valence-electron chi connectivity index (χ2n) is 5.26. The Bertz CT molecular complexity index is 588. The number of ether oxygens (including phenoxy) is 1. The molecule has 20 heavy (non-hydrogen) atoms. The zero-order chi connectivity index (χ0) is 13.9. The molecule has 1 aliphatic carbocycles. The predicted molar refractivity (Wildman–Crippen MR) is 80.4 cm³/mol. The Kier molecular flexibility index (Phi) is 3.50. The molecule has 0 amide bonds. The van der Waals surface area contributed by atoms with E-state index in [2.05, 4.69) is 29.6 Å². The van der Waals surface area contributed by atoms with Crippen molar-refractivity contribution in [1.82, 2.24) is 0 Å². The molecule has 0 radical (unpaired) electrons. The number of benzene rings is 2. The van der Waals surface area contributed by atoms with Gasteiger partial charge in [0.2, 0.25) is 0 Å². The Hall–Kier alpha value is -2.16. The normalized spacial score (nSPS) is 14.1. The highest BCUT2D eigenvalue weighted by Gasteiger charge is 2.22. The zero-order valence-electron chi connectivity index (χ0n) is 11.6. The van der Waals surface area contributed by atoms with Crippen LogP contribution >= 0.6 is 0 Å². The first kappa shape index (κ1) is 12.9. The second-order valence-corrected chi connectivity index (χ2v) is 5.26. The molecule has 0 spiro atoms. The van der Waals surface area contributed by atoms with Crippen molar-refractivity contribution < 1.29 is 9.84 Å². The number of anilines is 1. The van der Waals surface area contributed by atoms with Gasteiger partial charge in [-0.15, -0.1) is 0 Å². The molecule has 0 heterocycles. The highest BCUT2D eigenvalue weighted by molar-refractivity contribution is 5.54. The number of rotatable bonds is 5. The fourth-order valence-electron chi connectivity index (χ4n) is 2.33.